The molecule has 0 spiro atoms. The summed E-state index contributed by atoms with van der Waals surface area (Å²) in [6.07, 6.45) is 5.30. The van der Waals surface area contributed by atoms with Crippen molar-refractivity contribution in [3.63, 3.8) is 0 Å². The molecule has 1 aliphatic rings. The first-order valence-electron chi connectivity index (χ1n) is 13.5. The van der Waals surface area contributed by atoms with Crippen molar-refractivity contribution >= 4 is 17.0 Å². The van der Waals surface area contributed by atoms with Crippen LogP contribution >= 0.6 is 0 Å². The molecule has 204 valence electrons. The number of nitrogens with zero attached hydrogens (tertiary/aromatic N) is 4. The minimum absolute atomic E-state index is 0.302. The number of rotatable bonds is 8. The van der Waals surface area contributed by atoms with Gasteiger partial charge >= 0.3 is 6.09 Å². The predicted molar refractivity (Wildman–Crippen MR) is 149 cm³/mol. The number of hydrogen-bond donors (Lipinski definition) is 1. The van der Waals surface area contributed by atoms with Crippen LogP contribution in [-0.4, -0.2) is 43.9 Å². The summed E-state index contributed by atoms with van der Waals surface area (Å²) >= 11 is 0. The molecule has 9 heteroatoms. The van der Waals surface area contributed by atoms with Crippen LogP contribution < -0.4 is 9.47 Å². The Morgan fingerprint density at radius 1 is 1.05 bits per heavy atom. The minimum Gasteiger partial charge on any atom is -0.494 e. The van der Waals surface area contributed by atoms with E-state index in [4.69, 9.17) is 9.47 Å². The van der Waals surface area contributed by atoms with E-state index in [1.165, 1.54) is 47.1 Å². The number of ether oxygens (including phenoxy) is 2. The van der Waals surface area contributed by atoms with Crippen molar-refractivity contribution in [1.82, 2.24) is 24.6 Å². The normalized spacial score (nSPS) is 14.8. The van der Waals surface area contributed by atoms with Crippen molar-refractivity contribution in [3.05, 3.63) is 108 Å². The van der Waals surface area contributed by atoms with Gasteiger partial charge in [-0.3, -0.25) is 9.58 Å². The van der Waals surface area contributed by atoms with Gasteiger partial charge in [-0.1, -0.05) is 23.8 Å². The lowest BCUT2D eigenvalue weighted by Gasteiger charge is -2.35. The Balaban J connectivity index is 1.22. The molecule has 0 bridgehead atoms. The number of halogens is 1. The molecule has 1 unspecified atom stereocenters. The maximum absolute atomic E-state index is 13.4. The lowest BCUT2D eigenvalue weighted by Crippen LogP contribution is -2.42. The Kier molecular flexibility index (Phi) is 7.18. The molecule has 0 aliphatic carbocycles. The molecule has 0 saturated carbocycles. The monoisotopic (exact) mass is 539 g/mol. The largest absolute Gasteiger partial charge is 0.494 e. The summed E-state index contributed by atoms with van der Waals surface area (Å²) < 4.78 is 26.8. The first-order valence-corrected chi connectivity index (χ1v) is 13.5. The van der Waals surface area contributed by atoms with Crippen LogP contribution in [0.1, 0.15) is 41.3 Å². The van der Waals surface area contributed by atoms with Crippen molar-refractivity contribution in [2.45, 2.75) is 38.8 Å². The van der Waals surface area contributed by atoms with Crippen LogP contribution in [0, 0.1) is 12.7 Å². The van der Waals surface area contributed by atoms with E-state index >= 15 is 0 Å². The van der Waals surface area contributed by atoms with Gasteiger partial charge in [0.15, 0.2) is 0 Å². The van der Waals surface area contributed by atoms with Crippen LogP contribution in [0.25, 0.3) is 10.9 Å². The van der Waals surface area contributed by atoms with E-state index in [9.17, 15) is 9.18 Å². The van der Waals surface area contributed by atoms with Crippen LogP contribution in [0.15, 0.2) is 79.4 Å². The minimum atomic E-state index is -0.482. The lowest BCUT2D eigenvalue weighted by atomic mass is 9.92. The van der Waals surface area contributed by atoms with E-state index in [1.807, 2.05) is 28.9 Å². The fourth-order valence-electron chi connectivity index (χ4n) is 5.27. The maximum Gasteiger partial charge on any atom is 0.416 e. The average molecular weight is 540 g/mol. The van der Waals surface area contributed by atoms with Crippen LogP contribution in [0.4, 0.5) is 9.18 Å². The summed E-state index contributed by atoms with van der Waals surface area (Å²) in [6, 6.07) is 19.3. The number of carbonyl (C=O) groups is 1. The SMILES string of the molecule is Cc1ccc2[nH]c3c(c2c1)CCN(C(=O)Oc1ccc(F)cc1)C3c1ccc(OCCCCn2cncn2)cc1. The zero-order valence-corrected chi connectivity index (χ0v) is 22.2. The molecule has 1 atom stereocenters. The number of aryl methyl sites for hydroxylation is 2. The Morgan fingerprint density at radius 3 is 2.62 bits per heavy atom. The zero-order valence-electron chi connectivity index (χ0n) is 22.2. The van der Waals surface area contributed by atoms with Gasteiger partial charge in [-0.25, -0.2) is 14.2 Å². The lowest BCUT2D eigenvalue weighted by molar-refractivity contribution is 0.135. The third kappa shape index (κ3) is 5.40. The predicted octanol–water partition coefficient (Wildman–Crippen LogP) is 6.21. The Bertz CT molecular complexity index is 1600. The molecular weight excluding hydrogens is 509 g/mol. The van der Waals surface area contributed by atoms with Crippen LogP contribution in [-0.2, 0) is 13.0 Å². The zero-order chi connectivity index (χ0) is 27.5. The molecule has 40 heavy (non-hydrogen) atoms. The van der Waals surface area contributed by atoms with E-state index in [0.717, 1.165) is 41.9 Å². The highest BCUT2D eigenvalue weighted by atomic mass is 19.1. The van der Waals surface area contributed by atoms with Gasteiger partial charge in [0, 0.05) is 29.7 Å². The van der Waals surface area contributed by atoms with Gasteiger partial charge in [0.25, 0.3) is 0 Å². The second kappa shape index (κ2) is 11.2. The Labute approximate surface area is 231 Å². The van der Waals surface area contributed by atoms with Crippen molar-refractivity contribution < 1.29 is 18.7 Å². The standard InChI is InChI=1S/C31H30FN5O3/c1-21-4-13-28-27(18-21)26-14-16-37(31(38)40-25-11-7-23(32)8-12-25)30(29(26)35-28)22-5-9-24(10-6-22)39-17-3-2-15-36-20-33-19-34-36/h4-13,18-20,30,35H,2-3,14-17H2,1H3. The third-order valence-corrected chi connectivity index (χ3v) is 7.25. The fourth-order valence-corrected chi connectivity index (χ4v) is 5.27. The number of amides is 1. The molecule has 8 nitrogen and oxygen atoms in total. The number of nitrogens with one attached hydrogen (secondary N) is 1. The highest BCUT2D eigenvalue weighted by Gasteiger charge is 2.35. The molecule has 1 aliphatic heterocycles. The molecule has 1 amide bonds. The smallest absolute Gasteiger partial charge is 0.416 e. The molecule has 0 saturated heterocycles. The molecule has 6 rings (SSSR count). The molecular formula is C31H30FN5O3. The Morgan fingerprint density at radius 2 is 1.85 bits per heavy atom. The van der Waals surface area contributed by atoms with E-state index in [0.29, 0.717) is 25.3 Å². The van der Waals surface area contributed by atoms with Gasteiger partial charge in [0.1, 0.15) is 36.0 Å². The first-order chi connectivity index (χ1) is 19.5. The number of aromatic nitrogens is 4. The van der Waals surface area contributed by atoms with E-state index in [-0.39, 0.29) is 11.9 Å². The average Bonchev–Trinajstić information content (AvgIpc) is 3.62. The van der Waals surface area contributed by atoms with Crippen LogP contribution in [0.3, 0.4) is 0 Å². The molecule has 0 fully saturated rings. The Hall–Kier alpha value is -4.66. The number of carbonyl (C=O) groups excluding carboxylic acids is 1. The number of H-pyrrole nitrogens is 1. The van der Waals surface area contributed by atoms with Crippen molar-refractivity contribution in [3.8, 4) is 11.5 Å². The molecule has 0 radical (unpaired) electrons. The summed E-state index contributed by atoms with van der Waals surface area (Å²) in [5, 5.41) is 5.29. The fraction of sp³-hybridized carbons (Fsp3) is 0.258. The highest BCUT2D eigenvalue weighted by Crippen LogP contribution is 2.39. The number of benzene rings is 3. The summed E-state index contributed by atoms with van der Waals surface area (Å²) in [7, 11) is 0. The maximum atomic E-state index is 13.4. The number of hydrogen-bond acceptors (Lipinski definition) is 5. The molecule has 1 N–H and O–H groups in total. The summed E-state index contributed by atoms with van der Waals surface area (Å²) in [5.74, 6) is 0.690. The van der Waals surface area contributed by atoms with Crippen LogP contribution in [0.5, 0.6) is 11.5 Å². The van der Waals surface area contributed by atoms with Gasteiger partial charge in [-0.2, -0.15) is 5.10 Å². The third-order valence-electron chi connectivity index (χ3n) is 7.25. The first kappa shape index (κ1) is 25.6. The van der Waals surface area contributed by atoms with Crippen molar-refractivity contribution in [2.24, 2.45) is 0 Å². The molecule has 5 aromatic rings. The second-order valence-electron chi connectivity index (χ2n) is 10.0. The summed E-state index contributed by atoms with van der Waals surface area (Å²) in [5.41, 5.74) is 5.36. The summed E-state index contributed by atoms with van der Waals surface area (Å²) in [6.45, 7) is 3.97. The van der Waals surface area contributed by atoms with Gasteiger partial charge in [0.05, 0.1) is 6.61 Å². The van der Waals surface area contributed by atoms with E-state index in [2.05, 4.69) is 40.2 Å². The quantitative estimate of drug-likeness (QED) is 0.237. The van der Waals surface area contributed by atoms with E-state index < -0.39 is 6.09 Å². The number of unbranched alkanes of at least 4 members (excludes halogenated alkanes) is 1. The second-order valence-corrected chi connectivity index (χ2v) is 10.0. The van der Waals surface area contributed by atoms with Crippen molar-refractivity contribution in [1.29, 1.82) is 0 Å². The van der Waals surface area contributed by atoms with Gasteiger partial charge < -0.3 is 14.5 Å². The molecule has 2 aromatic heterocycles. The van der Waals surface area contributed by atoms with Gasteiger partial charge in [-0.05, 0) is 85.8 Å². The highest BCUT2D eigenvalue weighted by molar-refractivity contribution is 5.87. The van der Waals surface area contributed by atoms with Crippen molar-refractivity contribution in [2.75, 3.05) is 13.2 Å². The van der Waals surface area contributed by atoms with E-state index in [1.54, 1.807) is 11.2 Å². The molecule has 3 aromatic carbocycles. The van der Waals surface area contributed by atoms with Gasteiger partial charge in [0.2, 0.25) is 0 Å². The summed E-state index contributed by atoms with van der Waals surface area (Å²) in [4.78, 5) is 22.7. The number of aromatic amines is 1. The number of fused-ring (bicyclic) bond motifs is 3. The van der Waals surface area contributed by atoms with Crippen LogP contribution in [0.2, 0.25) is 0 Å². The molecule has 3 heterocycles. The topological polar surface area (TPSA) is 85.3 Å². The van der Waals surface area contributed by atoms with Gasteiger partial charge in [-0.15, -0.1) is 0 Å².